The SMILES string of the molecule is C[C@H](O)CNC(=O)NCc1cccnc1OC1CCCC1. The largest absolute Gasteiger partial charge is 0.474 e. The van der Waals surface area contributed by atoms with Crippen molar-refractivity contribution in [2.75, 3.05) is 6.54 Å². The van der Waals surface area contributed by atoms with E-state index in [0.717, 1.165) is 18.4 Å². The molecule has 1 fully saturated rings. The number of aliphatic hydroxyl groups is 1. The summed E-state index contributed by atoms with van der Waals surface area (Å²) in [6, 6.07) is 3.41. The quantitative estimate of drug-likeness (QED) is 0.743. The number of carbonyl (C=O) groups excluding carboxylic acids is 1. The number of aliphatic hydroxyl groups excluding tert-OH is 1. The molecule has 6 heteroatoms. The van der Waals surface area contributed by atoms with Crippen LogP contribution in [0.15, 0.2) is 18.3 Å². The van der Waals surface area contributed by atoms with Gasteiger partial charge in [-0.25, -0.2) is 9.78 Å². The fourth-order valence-corrected chi connectivity index (χ4v) is 2.31. The topological polar surface area (TPSA) is 83.5 Å². The Morgan fingerprint density at radius 2 is 2.24 bits per heavy atom. The Hall–Kier alpha value is -1.82. The molecule has 6 nitrogen and oxygen atoms in total. The Bertz CT molecular complexity index is 459. The van der Waals surface area contributed by atoms with Crippen LogP contribution in [0.3, 0.4) is 0 Å². The predicted molar refractivity (Wildman–Crippen MR) is 79.0 cm³/mol. The highest BCUT2D eigenvalue weighted by molar-refractivity contribution is 5.73. The van der Waals surface area contributed by atoms with Gasteiger partial charge < -0.3 is 20.5 Å². The van der Waals surface area contributed by atoms with Crippen molar-refractivity contribution in [1.29, 1.82) is 0 Å². The lowest BCUT2D eigenvalue weighted by atomic mass is 10.2. The molecule has 0 saturated heterocycles. The second-order valence-electron chi connectivity index (χ2n) is 5.40. The van der Waals surface area contributed by atoms with Gasteiger partial charge in [0.1, 0.15) is 6.10 Å². The number of amides is 2. The Morgan fingerprint density at radius 1 is 1.48 bits per heavy atom. The van der Waals surface area contributed by atoms with Gasteiger partial charge in [0.2, 0.25) is 5.88 Å². The van der Waals surface area contributed by atoms with E-state index >= 15 is 0 Å². The second-order valence-corrected chi connectivity index (χ2v) is 5.40. The van der Waals surface area contributed by atoms with Gasteiger partial charge in [-0.05, 0) is 38.7 Å². The lowest BCUT2D eigenvalue weighted by Gasteiger charge is -2.15. The van der Waals surface area contributed by atoms with E-state index < -0.39 is 6.10 Å². The van der Waals surface area contributed by atoms with Crippen molar-refractivity contribution in [2.45, 2.75) is 51.4 Å². The maximum atomic E-state index is 11.6. The summed E-state index contributed by atoms with van der Waals surface area (Å²) in [6.07, 6.45) is 5.91. The Labute approximate surface area is 124 Å². The number of nitrogens with zero attached hydrogens (tertiary/aromatic N) is 1. The molecule has 1 aromatic heterocycles. The van der Waals surface area contributed by atoms with E-state index in [1.807, 2.05) is 12.1 Å². The highest BCUT2D eigenvalue weighted by atomic mass is 16.5. The normalized spacial score (nSPS) is 16.5. The number of nitrogens with one attached hydrogen (secondary N) is 2. The first-order valence-electron chi connectivity index (χ1n) is 7.45. The van der Waals surface area contributed by atoms with Gasteiger partial charge in [0.15, 0.2) is 0 Å². The zero-order valence-electron chi connectivity index (χ0n) is 12.3. The van der Waals surface area contributed by atoms with E-state index in [4.69, 9.17) is 9.84 Å². The van der Waals surface area contributed by atoms with Crippen LogP contribution in [-0.4, -0.2) is 34.9 Å². The molecule has 1 saturated carbocycles. The van der Waals surface area contributed by atoms with Gasteiger partial charge in [-0.15, -0.1) is 0 Å². The number of ether oxygens (including phenoxy) is 1. The summed E-state index contributed by atoms with van der Waals surface area (Å²) in [5, 5.41) is 14.4. The summed E-state index contributed by atoms with van der Waals surface area (Å²) in [4.78, 5) is 15.8. The first-order chi connectivity index (χ1) is 10.1. The summed E-state index contributed by atoms with van der Waals surface area (Å²) in [5.74, 6) is 0.597. The fraction of sp³-hybridized carbons (Fsp3) is 0.600. The van der Waals surface area contributed by atoms with Gasteiger partial charge in [0.05, 0.1) is 6.10 Å². The van der Waals surface area contributed by atoms with E-state index in [0.29, 0.717) is 12.4 Å². The molecule has 1 aliphatic carbocycles. The monoisotopic (exact) mass is 293 g/mol. The first-order valence-corrected chi connectivity index (χ1v) is 7.45. The van der Waals surface area contributed by atoms with Crippen molar-refractivity contribution < 1.29 is 14.6 Å². The molecule has 1 aliphatic rings. The van der Waals surface area contributed by atoms with Crippen molar-refractivity contribution in [2.24, 2.45) is 0 Å². The molecule has 1 heterocycles. The number of carbonyl (C=O) groups is 1. The summed E-state index contributed by atoms with van der Waals surface area (Å²) < 4.78 is 5.91. The number of urea groups is 1. The zero-order valence-corrected chi connectivity index (χ0v) is 12.3. The molecule has 116 valence electrons. The maximum Gasteiger partial charge on any atom is 0.315 e. The van der Waals surface area contributed by atoms with Gasteiger partial charge in [-0.1, -0.05) is 6.07 Å². The van der Waals surface area contributed by atoms with Crippen LogP contribution < -0.4 is 15.4 Å². The van der Waals surface area contributed by atoms with Crippen LogP contribution in [0.25, 0.3) is 0 Å². The third-order valence-electron chi connectivity index (χ3n) is 3.43. The minimum atomic E-state index is -0.560. The number of rotatable bonds is 6. The Kier molecular flexibility index (Phi) is 5.80. The van der Waals surface area contributed by atoms with Crippen molar-refractivity contribution in [3.8, 4) is 5.88 Å². The van der Waals surface area contributed by atoms with Gasteiger partial charge in [0, 0.05) is 24.8 Å². The number of aromatic nitrogens is 1. The number of pyridine rings is 1. The molecule has 2 amide bonds. The van der Waals surface area contributed by atoms with Gasteiger partial charge in [-0.3, -0.25) is 0 Å². The third-order valence-corrected chi connectivity index (χ3v) is 3.43. The highest BCUT2D eigenvalue weighted by Crippen LogP contribution is 2.24. The zero-order chi connectivity index (χ0) is 15.1. The smallest absolute Gasteiger partial charge is 0.315 e. The lowest BCUT2D eigenvalue weighted by Crippen LogP contribution is -2.38. The molecule has 1 aromatic rings. The van der Waals surface area contributed by atoms with E-state index in [1.165, 1.54) is 12.8 Å². The van der Waals surface area contributed by atoms with Gasteiger partial charge >= 0.3 is 6.03 Å². The minimum Gasteiger partial charge on any atom is -0.474 e. The van der Waals surface area contributed by atoms with E-state index in [2.05, 4.69) is 15.6 Å². The summed E-state index contributed by atoms with van der Waals surface area (Å²) in [6.45, 7) is 2.20. The first kappa shape index (κ1) is 15.6. The average molecular weight is 293 g/mol. The van der Waals surface area contributed by atoms with Gasteiger partial charge in [0.25, 0.3) is 0 Å². The number of hydrogen-bond acceptors (Lipinski definition) is 4. The molecule has 0 unspecified atom stereocenters. The molecule has 0 aromatic carbocycles. The molecule has 0 aliphatic heterocycles. The second kappa shape index (κ2) is 7.83. The van der Waals surface area contributed by atoms with Crippen molar-refractivity contribution in [3.63, 3.8) is 0 Å². The Balaban J connectivity index is 1.85. The van der Waals surface area contributed by atoms with E-state index in [1.54, 1.807) is 13.1 Å². The summed E-state index contributed by atoms with van der Waals surface area (Å²) in [7, 11) is 0. The lowest BCUT2D eigenvalue weighted by molar-refractivity contribution is 0.187. The van der Waals surface area contributed by atoms with Crippen LogP contribution >= 0.6 is 0 Å². The molecule has 2 rings (SSSR count). The molecular weight excluding hydrogens is 270 g/mol. The van der Waals surface area contributed by atoms with Gasteiger partial charge in [-0.2, -0.15) is 0 Å². The molecule has 3 N–H and O–H groups in total. The summed E-state index contributed by atoms with van der Waals surface area (Å²) >= 11 is 0. The fourth-order valence-electron chi connectivity index (χ4n) is 2.31. The van der Waals surface area contributed by atoms with Crippen LogP contribution in [0.1, 0.15) is 38.2 Å². The minimum absolute atomic E-state index is 0.226. The average Bonchev–Trinajstić information content (AvgIpc) is 2.97. The van der Waals surface area contributed by atoms with E-state index in [-0.39, 0.29) is 18.7 Å². The van der Waals surface area contributed by atoms with Crippen molar-refractivity contribution >= 4 is 6.03 Å². The van der Waals surface area contributed by atoms with Crippen molar-refractivity contribution in [3.05, 3.63) is 23.9 Å². The highest BCUT2D eigenvalue weighted by Gasteiger charge is 2.18. The number of hydrogen-bond donors (Lipinski definition) is 3. The summed E-state index contributed by atoms with van der Waals surface area (Å²) in [5.41, 5.74) is 0.858. The molecule has 0 radical (unpaired) electrons. The molecule has 0 spiro atoms. The molecular formula is C15H23N3O3. The van der Waals surface area contributed by atoms with Crippen LogP contribution in [0.4, 0.5) is 4.79 Å². The standard InChI is InChI=1S/C15H23N3O3/c1-11(19)9-17-15(20)18-10-12-5-4-8-16-14(12)21-13-6-2-3-7-13/h4-5,8,11,13,19H,2-3,6-7,9-10H2,1H3,(H2,17,18,20)/t11-/m0/s1. The third kappa shape index (κ3) is 5.23. The van der Waals surface area contributed by atoms with Crippen LogP contribution in [-0.2, 0) is 6.54 Å². The van der Waals surface area contributed by atoms with Crippen LogP contribution in [0.5, 0.6) is 5.88 Å². The Morgan fingerprint density at radius 3 is 2.95 bits per heavy atom. The van der Waals surface area contributed by atoms with Crippen LogP contribution in [0.2, 0.25) is 0 Å². The van der Waals surface area contributed by atoms with E-state index in [9.17, 15) is 4.79 Å². The molecule has 0 bridgehead atoms. The van der Waals surface area contributed by atoms with Crippen LogP contribution in [0, 0.1) is 0 Å². The molecule has 21 heavy (non-hydrogen) atoms. The van der Waals surface area contributed by atoms with Crippen molar-refractivity contribution in [1.82, 2.24) is 15.6 Å². The predicted octanol–water partition coefficient (Wildman–Crippen LogP) is 1.58. The maximum absolute atomic E-state index is 11.6. The molecule has 1 atom stereocenters.